The summed E-state index contributed by atoms with van der Waals surface area (Å²) in [5.41, 5.74) is 5.19. The van der Waals surface area contributed by atoms with E-state index in [-0.39, 0.29) is 5.96 Å². The summed E-state index contributed by atoms with van der Waals surface area (Å²) in [7, 11) is 3.36. The lowest BCUT2D eigenvalue weighted by Crippen LogP contribution is -2.45. The van der Waals surface area contributed by atoms with E-state index >= 15 is 0 Å². The quantitative estimate of drug-likeness (QED) is 0.440. The number of guanidine groups is 2. The van der Waals surface area contributed by atoms with Gasteiger partial charge in [-0.3, -0.25) is 20.6 Å². The van der Waals surface area contributed by atoms with Gasteiger partial charge in [-0.2, -0.15) is 0 Å². The van der Waals surface area contributed by atoms with Crippen molar-refractivity contribution in [2.75, 3.05) is 19.0 Å². The molecule has 0 radical (unpaired) electrons. The molecular weight excluding hydrogens is 182 g/mol. The Balaban J connectivity index is 2.76. The zero-order chi connectivity index (χ0) is 10.6. The Kier molecular flexibility index (Phi) is 3.11. The van der Waals surface area contributed by atoms with E-state index in [0.29, 0.717) is 11.8 Å². The van der Waals surface area contributed by atoms with E-state index in [4.69, 9.17) is 15.6 Å². The number of nitrogens with two attached hydrogens (primary N) is 1. The normalized spacial score (nSPS) is 11.1. The fourth-order valence-corrected chi connectivity index (χ4v) is 0.975. The highest BCUT2D eigenvalue weighted by Gasteiger charge is 2.10. The Morgan fingerprint density at radius 3 is 2.86 bits per heavy atom. The maximum Gasteiger partial charge on any atom is 0.207 e. The number of hydrogen-bond acceptors (Lipinski definition) is 3. The molecule has 0 aliphatic carbocycles. The van der Waals surface area contributed by atoms with E-state index in [1.54, 1.807) is 37.4 Å². The lowest BCUT2D eigenvalue weighted by Gasteiger charge is -2.18. The van der Waals surface area contributed by atoms with Gasteiger partial charge in [0.15, 0.2) is 5.96 Å². The molecule has 1 aromatic heterocycles. The molecule has 4 N–H and O–H groups in total. The van der Waals surface area contributed by atoms with E-state index in [1.165, 1.54) is 0 Å². The highest BCUT2D eigenvalue weighted by atomic mass is 16.3. The van der Waals surface area contributed by atoms with Crippen molar-refractivity contribution in [3.63, 3.8) is 0 Å². The smallest absolute Gasteiger partial charge is 0.207 e. The second kappa shape index (κ2) is 4.31. The molecule has 0 amide bonds. The number of aliphatic imine (C=N–C) groups is 1. The molecule has 6 heteroatoms. The molecule has 0 saturated heterocycles. The summed E-state index contributed by atoms with van der Waals surface area (Å²) in [5, 5.41) is 9.67. The van der Waals surface area contributed by atoms with E-state index < -0.39 is 0 Å². The molecule has 1 heterocycles. The minimum atomic E-state index is -0.163. The van der Waals surface area contributed by atoms with Gasteiger partial charge in [0.25, 0.3) is 0 Å². The summed E-state index contributed by atoms with van der Waals surface area (Å²) in [6, 6.07) is 3.56. The van der Waals surface area contributed by atoms with Crippen LogP contribution in [-0.4, -0.2) is 26.0 Å². The van der Waals surface area contributed by atoms with E-state index in [0.717, 1.165) is 0 Å². The maximum atomic E-state index is 7.08. The van der Waals surface area contributed by atoms with Crippen LogP contribution in [0.5, 0.6) is 0 Å². The topological polar surface area (TPSA) is 90.6 Å². The summed E-state index contributed by atoms with van der Waals surface area (Å²) in [6.07, 6.45) is 1.56. The Labute approximate surface area is 81.9 Å². The molecule has 1 aromatic rings. The van der Waals surface area contributed by atoms with Crippen molar-refractivity contribution in [1.29, 1.82) is 5.41 Å². The number of hydrogen-bond donors (Lipinski definition) is 3. The van der Waals surface area contributed by atoms with Crippen molar-refractivity contribution in [1.82, 2.24) is 5.32 Å². The number of furan rings is 1. The van der Waals surface area contributed by atoms with Gasteiger partial charge in [-0.15, -0.1) is 0 Å². The third-order valence-corrected chi connectivity index (χ3v) is 1.61. The van der Waals surface area contributed by atoms with Crippen LogP contribution in [0.4, 0.5) is 5.88 Å². The molecule has 0 spiro atoms. The summed E-state index contributed by atoms with van der Waals surface area (Å²) in [4.78, 5) is 5.59. The highest BCUT2D eigenvalue weighted by molar-refractivity contribution is 6.04. The van der Waals surface area contributed by atoms with Crippen LogP contribution in [0.2, 0.25) is 0 Å². The zero-order valence-electron chi connectivity index (χ0n) is 8.11. The molecule has 14 heavy (non-hydrogen) atoms. The fraction of sp³-hybridized carbons (Fsp3) is 0.250. The van der Waals surface area contributed by atoms with Gasteiger partial charge in [0.2, 0.25) is 11.8 Å². The summed E-state index contributed by atoms with van der Waals surface area (Å²) >= 11 is 0. The van der Waals surface area contributed by atoms with E-state index in [9.17, 15) is 0 Å². The Bertz CT molecular complexity index is 330. The largest absolute Gasteiger partial charge is 0.448 e. The van der Waals surface area contributed by atoms with Gasteiger partial charge in [0, 0.05) is 20.2 Å². The van der Waals surface area contributed by atoms with Crippen molar-refractivity contribution in [2.45, 2.75) is 0 Å². The Morgan fingerprint density at radius 2 is 2.43 bits per heavy atom. The Morgan fingerprint density at radius 1 is 1.71 bits per heavy atom. The Hall–Kier alpha value is -1.98. The lowest BCUT2D eigenvalue weighted by atomic mass is 10.5. The number of rotatable bonds is 1. The second-order valence-electron chi connectivity index (χ2n) is 2.60. The first-order chi connectivity index (χ1) is 6.65. The van der Waals surface area contributed by atoms with Crippen LogP contribution >= 0.6 is 0 Å². The van der Waals surface area contributed by atoms with Crippen molar-refractivity contribution < 1.29 is 4.42 Å². The monoisotopic (exact) mass is 195 g/mol. The van der Waals surface area contributed by atoms with Crippen LogP contribution in [0.1, 0.15) is 0 Å². The number of anilines is 1. The van der Waals surface area contributed by atoms with Gasteiger partial charge >= 0.3 is 0 Å². The SMILES string of the molecule is C/N=C(/NC(=N)N)N(C)c1ccco1. The zero-order valence-corrected chi connectivity index (χ0v) is 8.11. The van der Waals surface area contributed by atoms with Gasteiger partial charge in [-0.25, -0.2) is 0 Å². The van der Waals surface area contributed by atoms with Crippen molar-refractivity contribution in [2.24, 2.45) is 10.7 Å². The van der Waals surface area contributed by atoms with E-state index in [1.807, 2.05) is 0 Å². The average Bonchev–Trinajstić information content (AvgIpc) is 2.65. The fourth-order valence-electron chi connectivity index (χ4n) is 0.975. The molecule has 0 saturated carbocycles. The van der Waals surface area contributed by atoms with E-state index in [2.05, 4.69) is 10.3 Å². The summed E-state index contributed by atoms with van der Waals surface area (Å²) in [6.45, 7) is 0. The van der Waals surface area contributed by atoms with Crippen LogP contribution < -0.4 is 16.0 Å². The van der Waals surface area contributed by atoms with Gasteiger partial charge < -0.3 is 10.2 Å². The average molecular weight is 195 g/mol. The second-order valence-corrected chi connectivity index (χ2v) is 2.60. The minimum Gasteiger partial charge on any atom is -0.448 e. The first-order valence-corrected chi connectivity index (χ1v) is 4.00. The predicted molar refractivity (Wildman–Crippen MR) is 55.5 cm³/mol. The van der Waals surface area contributed by atoms with Gasteiger partial charge in [-0.05, 0) is 6.07 Å². The third kappa shape index (κ3) is 2.25. The van der Waals surface area contributed by atoms with Crippen LogP contribution in [0.3, 0.4) is 0 Å². The van der Waals surface area contributed by atoms with Crippen LogP contribution in [0, 0.1) is 5.41 Å². The molecule has 0 bridgehead atoms. The van der Waals surface area contributed by atoms with Crippen molar-refractivity contribution in [3.05, 3.63) is 18.4 Å². The maximum absolute atomic E-state index is 7.08. The van der Waals surface area contributed by atoms with Crippen molar-refractivity contribution >= 4 is 17.8 Å². The van der Waals surface area contributed by atoms with Crippen LogP contribution in [0.15, 0.2) is 27.8 Å². The number of nitrogens with zero attached hydrogens (tertiary/aromatic N) is 2. The highest BCUT2D eigenvalue weighted by Crippen LogP contribution is 2.11. The molecule has 6 nitrogen and oxygen atoms in total. The molecule has 0 fully saturated rings. The van der Waals surface area contributed by atoms with Crippen LogP contribution in [-0.2, 0) is 0 Å². The molecular formula is C8H13N5O. The molecule has 0 aliphatic heterocycles. The predicted octanol–water partition coefficient (Wildman–Crippen LogP) is 0.185. The van der Waals surface area contributed by atoms with Gasteiger partial charge in [0.1, 0.15) is 0 Å². The third-order valence-electron chi connectivity index (χ3n) is 1.61. The molecule has 0 aromatic carbocycles. The standard InChI is InChI=1S/C8H13N5O/c1-11-8(12-7(9)10)13(2)6-4-3-5-14-6/h3-5H,1-2H3,(H4,9,10,11,12). The lowest BCUT2D eigenvalue weighted by molar-refractivity contribution is 0.571. The minimum absolute atomic E-state index is 0.163. The van der Waals surface area contributed by atoms with Crippen LogP contribution in [0.25, 0.3) is 0 Å². The summed E-state index contributed by atoms with van der Waals surface area (Å²) < 4.78 is 5.15. The molecule has 0 aliphatic rings. The molecule has 0 atom stereocenters. The molecule has 1 rings (SSSR count). The first kappa shape index (κ1) is 10.1. The van der Waals surface area contributed by atoms with Crippen molar-refractivity contribution in [3.8, 4) is 0 Å². The number of nitrogens with one attached hydrogen (secondary N) is 2. The molecule has 76 valence electrons. The van der Waals surface area contributed by atoms with Gasteiger partial charge in [0.05, 0.1) is 6.26 Å². The molecule has 0 unspecified atom stereocenters. The van der Waals surface area contributed by atoms with Gasteiger partial charge in [-0.1, -0.05) is 0 Å². The first-order valence-electron chi connectivity index (χ1n) is 4.00. The summed E-state index contributed by atoms with van der Waals surface area (Å²) in [5.74, 6) is 0.913.